The predicted octanol–water partition coefficient (Wildman–Crippen LogP) is 4.96. The molecule has 5 nitrogen and oxygen atoms in total. The summed E-state index contributed by atoms with van der Waals surface area (Å²) in [6, 6.07) is 11.8. The number of aromatic nitrogens is 2. The number of nitrogens with one attached hydrogen (secondary N) is 1. The Hall–Kier alpha value is -2.84. The maximum absolute atomic E-state index is 12.9. The fourth-order valence-corrected chi connectivity index (χ4v) is 4.30. The zero-order valence-corrected chi connectivity index (χ0v) is 16.6. The molecule has 2 aromatic heterocycles. The van der Waals surface area contributed by atoms with Gasteiger partial charge >= 0.3 is 0 Å². The van der Waals surface area contributed by atoms with E-state index in [2.05, 4.69) is 15.3 Å². The van der Waals surface area contributed by atoms with Crippen molar-refractivity contribution < 1.29 is 13.9 Å². The van der Waals surface area contributed by atoms with Crippen LogP contribution in [-0.4, -0.2) is 15.9 Å². The standard InChI is InChI=1S/C20H16FN3O2S2/c1-12-3-2-4-16-19(12)24-20(28-16)23-17(25)9-14-11-27-18(22-14)10-26-15-7-5-13(21)6-8-15/h2-8,11H,9-10H2,1H3,(H,23,24,25). The lowest BCUT2D eigenvalue weighted by molar-refractivity contribution is -0.115. The molecule has 2 aromatic carbocycles. The van der Waals surface area contributed by atoms with E-state index in [-0.39, 0.29) is 24.8 Å². The van der Waals surface area contributed by atoms with Gasteiger partial charge in [-0.3, -0.25) is 4.79 Å². The third-order valence-corrected chi connectivity index (χ3v) is 5.79. The number of thiazole rings is 2. The molecule has 0 radical (unpaired) electrons. The normalized spacial score (nSPS) is 10.9. The van der Waals surface area contributed by atoms with Crippen molar-refractivity contribution in [2.24, 2.45) is 0 Å². The number of halogens is 1. The maximum Gasteiger partial charge on any atom is 0.232 e. The van der Waals surface area contributed by atoms with Crippen LogP contribution in [0.5, 0.6) is 5.75 Å². The van der Waals surface area contributed by atoms with Crippen LogP contribution in [0.2, 0.25) is 0 Å². The summed E-state index contributed by atoms with van der Waals surface area (Å²) in [7, 11) is 0. The van der Waals surface area contributed by atoms with Gasteiger partial charge in [-0.15, -0.1) is 11.3 Å². The molecule has 0 aliphatic carbocycles. The first-order chi connectivity index (χ1) is 13.6. The van der Waals surface area contributed by atoms with Gasteiger partial charge in [0, 0.05) is 5.38 Å². The Kier molecular flexibility index (Phi) is 5.31. The van der Waals surface area contributed by atoms with E-state index in [9.17, 15) is 9.18 Å². The van der Waals surface area contributed by atoms with E-state index < -0.39 is 0 Å². The van der Waals surface area contributed by atoms with Crippen molar-refractivity contribution in [2.45, 2.75) is 20.0 Å². The number of carbonyl (C=O) groups is 1. The highest BCUT2D eigenvalue weighted by Gasteiger charge is 2.12. The number of rotatable bonds is 6. The summed E-state index contributed by atoms with van der Waals surface area (Å²) < 4.78 is 19.5. The number of para-hydroxylation sites is 1. The van der Waals surface area contributed by atoms with Crippen molar-refractivity contribution in [3.8, 4) is 5.75 Å². The highest BCUT2D eigenvalue weighted by atomic mass is 32.1. The van der Waals surface area contributed by atoms with Gasteiger partial charge in [0.05, 0.1) is 22.3 Å². The van der Waals surface area contributed by atoms with Crippen molar-refractivity contribution in [1.29, 1.82) is 0 Å². The second-order valence-electron chi connectivity index (χ2n) is 6.14. The van der Waals surface area contributed by atoms with Gasteiger partial charge in [-0.05, 0) is 42.8 Å². The van der Waals surface area contributed by atoms with Crippen molar-refractivity contribution in [3.05, 3.63) is 69.9 Å². The Morgan fingerprint density at radius 3 is 2.79 bits per heavy atom. The number of benzene rings is 2. The van der Waals surface area contributed by atoms with E-state index in [0.717, 1.165) is 20.8 Å². The maximum atomic E-state index is 12.9. The number of anilines is 1. The molecule has 0 spiro atoms. The van der Waals surface area contributed by atoms with Crippen molar-refractivity contribution in [3.63, 3.8) is 0 Å². The number of fused-ring (bicyclic) bond motifs is 1. The van der Waals surface area contributed by atoms with Gasteiger partial charge in [-0.2, -0.15) is 0 Å². The first-order valence-electron chi connectivity index (χ1n) is 8.54. The molecule has 0 unspecified atom stereocenters. The summed E-state index contributed by atoms with van der Waals surface area (Å²) in [6.45, 7) is 2.27. The molecular weight excluding hydrogens is 397 g/mol. The fourth-order valence-electron chi connectivity index (χ4n) is 2.64. The summed E-state index contributed by atoms with van der Waals surface area (Å²) in [5.41, 5.74) is 2.67. The lowest BCUT2D eigenvalue weighted by Gasteiger charge is -2.03. The van der Waals surface area contributed by atoms with Gasteiger partial charge in [0.15, 0.2) is 5.13 Å². The lowest BCUT2D eigenvalue weighted by atomic mass is 10.2. The molecule has 4 rings (SSSR count). The molecule has 0 saturated carbocycles. The third kappa shape index (κ3) is 4.35. The molecule has 28 heavy (non-hydrogen) atoms. The summed E-state index contributed by atoms with van der Waals surface area (Å²) in [4.78, 5) is 21.2. The topological polar surface area (TPSA) is 64.1 Å². The number of nitrogens with zero attached hydrogens (tertiary/aromatic N) is 2. The molecule has 142 valence electrons. The van der Waals surface area contributed by atoms with E-state index in [1.165, 1.54) is 34.8 Å². The molecule has 0 bridgehead atoms. The minimum atomic E-state index is -0.307. The molecule has 1 amide bonds. The van der Waals surface area contributed by atoms with Crippen LogP contribution in [-0.2, 0) is 17.8 Å². The monoisotopic (exact) mass is 413 g/mol. The van der Waals surface area contributed by atoms with Gasteiger partial charge < -0.3 is 10.1 Å². The molecule has 0 fully saturated rings. The molecule has 8 heteroatoms. The molecule has 2 heterocycles. The molecule has 1 N–H and O–H groups in total. The third-order valence-electron chi connectivity index (χ3n) is 3.98. The minimum Gasteiger partial charge on any atom is -0.486 e. The summed E-state index contributed by atoms with van der Waals surface area (Å²) in [6.07, 6.45) is 0.169. The summed E-state index contributed by atoms with van der Waals surface area (Å²) in [5, 5.41) is 6.02. The molecule has 0 saturated heterocycles. The van der Waals surface area contributed by atoms with Crippen LogP contribution in [0.15, 0.2) is 47.8 Å². The first kappa shape index (κ1) is 18.5. The quantitative estimate of drug-likeness (QED) is 0.485. The van der Waals surface area contributed by atoms with E-state index in [1.54, 1.807) is 12.1 Å². The van der Waals surface area contributed by atoms with E-state index in [1.807, 2.05) is 30.5 Å². The predicted molar refractivity (Wildman–Crippen MR) is 110 cm³/mol. The number of hydrogen-bond acceptors (Lipinski definition) is 6. The summed E-state index contributed by atoms with van der Waals surface area (Å²) >= 11 is 2.88. The van der Waals surface area contributed by atoms with Crippen LogP contribution >= 0.6 is 22.7 Å². The van der Waals surface area contributed by atoms with Crippen LogP contribution < -0.4 is 10.1 Å². The van der Waals surface area contributed by atoms with Crippen LogP contribution in [0.25, 0.3) is 10.2 Å². The number of aryl methyl sites for hydroxylation is 1. The summed E-state index contributed by atoms with van der Waals surface area (Å²) in [5.74, 6) is 0.105. The van der Waals surface area contributed by atoms with E-state index in [4.69, 9.17) is 4.74 Å². The van der Waals surface area contributed by atoms with E-state index in [0.29, 0.717) is 16.6 Å². The average molecular weight is 413 g/mol. The van der Waals surface area contributed by atoms with Gasteiger partial charge in [0.1, 0.15) is 23.2 Å². The van der Waals surface area contributed by atoms with Crippen LogP contribution in [0.1, 0.15) is 16.3 Å². The van der Waals surface area contributed by atoms with Crippen LogP contribution in [0, 0.1) is 12.7 Å². The van der Waals surface area contributed by atoms with Crippen molar-refractivity contribution in [2.75, 3.05) is 5.32 Å². The number of ether oxygens (including phenoxy) is 1. The Balaban J connectivity index is 1.34. The zero-order chi connectivity index (χ0) is 19.5. The average Bonchev–Trinajstić information content (AvgIpc) is 3.28. The Morgan fingerprint density at radius 2 is 2.00 bits per heavy atom. The van der Waals surface area contributed by atoms with Crippen LogP contribution in [0.4, 0.5) is 9.52 Å². The second kappa shape index (κ2) is 8.04. The highest BCUT2D eigenvalue weighted by Crippen LogP contribution is 2.28. The SMILES string of the molecule is Cc1cccc2sc(NC(=O)Cc3csc(COc4ccc(F)cc4)n3)nc12. The van der Waals surface area contributed by atoms with Gasteiger partial charge in [0.2, 0.25) is 5.91 Å². The molecule has 4 aromatic rings. The van der Waals surface area contributed by atoms with Gasteiger partial charge in [-0.25, -0.2) is 14.4 Å². The largest absolute Gasteiger partial charge is 0.486 e. The van der Waals surface area contributed by atoms with Crippen molar-refractivity contribution >= 4 is 43.9 Å². The molecule has 0 aliphatic heterocycles. The van der Waals surface area contributed by atoms with Crippen molar-refractivity contribution in [1.82, 2.24) is 9.97 Å². The van der Waals surface area contributed by atoms with Gasteiger partial charge in [-0.1, -0.05) is 23.5 Å². The smallest absolute Gasteiger partial charge is 0.232 e. The number of hydrogen-bond donors (Lipinski definition) is 1. The molecular formula is C20H16FN3O2S2. The Bertz CT molecular complexity index is 1120. The minimum absolute atomic E-state index is 0.159. The first-order valence-corrected chi connectivity index (χ1v) is 10.2. The number of carbonyl (C=O) groups excluding carboxylic acids is 1. The lowest BCUT2D eigenvalue weighted by Crippen LogP contribution is -2.14. The fraction of sp³-hybridized carbons (Fsp3) is 0.150. The van der Waals surface area contributed by atoms with E-state index >= 15 is 0 Å². The van der Waals surface area contributed by atoms with Crippen LogP contribution in [0.3, 0.4) is 0 Å². The second-order valence-corrected chi connectivity index (χ2v) is 8.11. The highest BCUT2D eigenvalue weighted by molar-refractivity contribution is 7.22. The number of amides is 1. The Labute approximate surface area is 168 Å². The van der Waals surface area contributed by atoms with Gasteiger partial charge in [0.25, 0.3) is 0 Å². The molecule has 0 atom stereocenters. The zero-order valence-electron chi connectivity index (χ0n) is 14.9. The Morgan fingerprint density at radius 1 is 1.18 bits per heavy atom. The molecule has 0 aliphatic rings.